The summed E-state index contributed by atoms with van der Waals surface area (Å²) in [6.45, 7) is 5.16. The van der Waals surface area contributed by atoms with Crippen molar-refractivity contribution in [1.82, 2.24) is 4.98 Å². The maximum absolute atomic E-state index is 12.2. The minimum absolute atomic E-state index is 0. The molecule has 8 heteroatoms. The topological polar surface area (TPSA) is 97.1 Å². The van der Waals surface area contributed by atoms with Crippen molar-refractivity contribution >= 4 is 56.6 Å². The molecule has 1 atom stereocenters. The van der Waals surface area contributed by atoms with Crippen molar-refractivity contribution in [3.63, 3.8) is 0 Å². The quantitative estimate of drug-likeness (QED) is 0.766. The number of halogens is 1. The van der Waals surface area contributed by atoms with Crippen LogP contribution in [0, 0.1) is 0 Å². The lowest BCUT2D eigenvalue weighted by Gasteiger charge is -2.21. The van der Waals surface area contributed by atoms with Crippen LogP contribution in [0.3, 0.4) is 0 Å². The molecule has 0 aliphatic rings. The number of thiazole rings is 1. The van der Waals surface area contributed by atoms with E-state index in [1.54, 1.807) is 19.1 Å². The maximum atomic E-state index is 12.2. The first-order valence-electron chi connectivity index (χ1n) is 7.10. The first-order valence-corrected chi connectivity index (χ1v) is 7.92. The standard InChI is InChI=1S/C15H20N4O2S.ClH/c1-4-7-15(3,16)13(21)19-14-18-11-6-5-10(17-9(2)20)8-12(11)22-14;/h5-6,8H,4,7,16H2,1-3H3,(H,17,20)(H,18,19,21);1H. The molecule has 0 aliphatic heterocycles. The van der Waals surface area contributed by atoms with Crippen molar-refractivity contribution in [2.75, 3.05) is 10.6 Å². The van der Waals surface area contributed by atoms with Crippen LogP contribution in [-0.4, -0.2) is 22.3 Å². The molecule has 0 saturated heterocycles. The predicted molar refractivity (Wildman–Crippen MR) is 97.3 cm³/mol. The number of fused-ring (bicyclic) bond motifs is 1. The summed E-state index contributed by atoms with van der Waals surface area (Å²) in [5.41, 5.74) is 6.57. The third kappa shape index (κ3) is 4.89. The summed E-state index contributed by atoms with van der Waals surface area (Å²) in [5, 5.41) is 6.00. The van der Waals surface area contributed by atoms with Crippen molar-refractivity contribution in [3.8, 4) is 0 Å². The first kappa shape index (κ1) is 19.3. The number of rotatable bonds is 5. The Morgan fingerprint density at radius 1 is 1.35 bits per heavy atom. The zero-order valence-electron chi connectivity index (χ0n) is 13.3. The number of aromatic nitrogens is 1. The lowest BCUT2D eigenvalue weighted by molar-refractivity contribution is -0.120. The van der Waals surface area contributed by atoms with E-state index in [1.165, 1.54) is 18.3 Å². The Morgan fingerprint density at radius 3 is 2.65 bits per heavy atom. The van der Waals surface area contributed by atoms with Crippen LogP contribution in [0.15, 0.2) is 18.2 Å². The highest BCUT2D eigenvalue weighted by Crippen LogP contribution is 2.29. The molecule has 0 radical (unpaired) electrons. The van der Waals surface area contributed by atoms with E-state index in [1.807, 2.05) is 13.0 Å². The average Bonchev–Trinajstić information content (AvgIpc) is 2.79. The van der Waals surface area contributed by atoms with Gasteiger partial charge < -0.3 is 16.4 Å². The zero-order chi connectivity index (χ0) is 16.3. The molecular formula is C15H21ClN4O2S. The molecular weight excluding hydrogens is 336 g/mol. The van der Waals surface area contributed by atoms with E-state index in [-0.39, 0.29) is 24.2 Å². The van der Waals surface area contributed by atoms with Gasteiger partial charge in [0.2, 0.25) is 11.8 Å². The summed E-state index contributed by atoms with van der Waals surface area (Å²) in [6, 6.07) is 5.41. The van der Waals surface area contributed by atoms with Crippen LogP contribution in [-0.2, 0) is 9.59 Å². The number of carbonyl (C=O) groups excluding carboxylic acids is 2. The van der Waals surface area contributed by atoms with Gasteiger partial charge in [0.15, 0.2) is 5.13 Å². The average molecular weight is 357 g/mol. The van der Waals surface area contributed by atoms with Gasteiger partial charge in [-0.15, -0.1) is 12.4 Å². The second kappa shape index (κ2) is 7.72. The van der Waals surface area contributed by atoms with Gasteiger partial charge in [-0.3, -0.25) is 9.59 Å². The molecule has 2 amide bonds. The van der Waals surface area contributed by atoms with Crippen molar-refractivity contribution in [2.24, 2.45) is 5.73 Å². The van der Waals surface area contributed by atoms with Gasteiger partial charge in [0.05, 0.1) is 15.8 Å². The summed E-state index contributed by atoms with van der Waals surface area (Å²) in [5.74, 6) is -0.369. The van der Waals surface area contributed by atoms with Crippen LogP contribution in [0.4, 0.5) is 10.8 Å². The third-order valence-electron chi connectivity index (χ3n) is 3.22. The van der Waals surface area contributed by atoms with Gasteiger partial charge in [-0.05, 0) is 31.5 Å². The van der Waals surface area contributed by atoms with E-state index < -0.39 is 5.54 Å². The monoisotopic (exact) mass is 356 g/mol. The fourth-order valence-corrected chi connectivity index (χ4v) is 3.03. The Bertz CT molecular complexity index is 715. The molecule has 1 aromatic heterocycles. The maximum Gasteiger partial charge on any atom is 0.245 e. The van der Waals surface area contributed by atoms with Crippen molar-refractivity contribution in [3.05, 3.63) is 18.2 Å². The number of hydrogen-bond acceptors (Lipinski definition) is 5. The van der Waals surface area contributed by atoms with E-state index in [4.69, 9.17) is 5.73 Å². The molecule has 0 spiro atoms. The molecule has 0 bridgehead atoms. The van der Waals surface area contributed by atoms with Crippen LogP contribution < -0.4 is 16.4 Å². The van der Waals surface area contributed by atoms with Gasteiger partial charge in [-0.1, -0.05) is 24.7 Å². The van der Waals surface area contributed by atoms with Crippen molar-refractivity contribution in [2.45, 2.75) is 39.2 Å². The van der Waals surface area contributed by atoms with E-state index in [0.717, 1.165) is 16.6 Å². The van der Waals surface area contributed by atoms with Crippen LogP contribution >= 0.6 is 23.7 Å². The summed E-state index contributed by atoms with van der Waals surface area (Å²) in [4.78, 5) is 27.6. The van der Waals surface area contributed by atoms with Crippen LogP contribution in [0.5, 0.6) is 0 Å². The van der Waals surface area contributed by atoms with Gasteiger partial charge >= 0.3 is 0 Å². The normalized spacial score (nSPS) is 13.0. The summed E-state index contributed by atoms with van der Waals surface area (Å²) in [6.07, 6.45) is 1.44. The summed E-state index contributed by atoms with van der Waals surface area (Å²) < 4.78 is 0.885. The van der Waals surface area contributed by atoms with E-state index in [9.17, 15) is 9.59 Å². The fraction of sp³-hybridized carbons (Fsp3) is 0.400. The van der Waals surface area contributed by atoms with Crippen LogP contribution in [0.1, 0.15) is 33.6 Å². The van der Waals surface area contributed by atoms with Crippen LogP contribution in [0.2, 0.25) is 0 Å². The number of carbonyl (C=O) groups is 2. The molecule has 1 unspecified atom stereocenters. The second-order valence-electron chi connectivity index (χ2n) is 5.50. The number of benzene rings is 1. The van der Waals surface area contributed by atoms with E-state index in [2.05, 4.69) is 15.6 Å². The summed E-state index contributed by atoms with van der Waals surface area (Å²) in [7, 11) is 0. The lowest BCUT2D eigenvalue weighted by Crippen LogP contribution is -2.48. The van der Waals surface area contributed by atoms with Gasteiger partial charge in [0, 0.05) is 12.6 Å². The predicted octanol–water partition coefficient (Wildman–Crippen LogP) is 3.13. The number of anilines is 2. The van der Waals surface area contributed by atoms with Gasteiger partial charge in [-0.25, -0.2) is 4.98 Å². The Labute approximate surface area is 145 Å². The number of amides is 2. The molecule has 6 nitrogen and oxygen atoms in total. The largest absolute Gasteiger partial charge is 0.326 e. The highest BCUT2D eigenvalue weighted by Gasteiger charge is 2.27. The molecule has 2 aromatic rings. The molecule has 0 saturated carbocycles. The van der Waals surface area contributed by atoms with Gasteiger partial charge in [-0.2, -0.15) is 0 Å². The SMILES string of the molecule is CCCC(C)(N)C(=O)Nc1nc2ccc(NC(C)=O)cc2s1.Cl. The first-order chi connectivity index (χ1) is 10.3. The van der Waals surface area contributed by atoms with Crippen molar-refractivity contribution in [1.29, 1.82) is 0 Å². The molecule has 1 aromatic carbocycles. The molecule has 0 aliphatic carbocycles. The third-order valence-corrected chi connectivity index (χ3v) is 4.15. The Kier molecular flexibility index (Phi) is 6.49. The van der Waals surface area contributed by atoms with E-state index >= 15 is 0 Å². The number of nitrogens with one attached hydrogen (secondary N) is 2. The van der Waals surface area contributed by atoms with Crippen LogP contribution in [0.25, 0.3) is 10.2 Å². The highest BCUT2D eigenvalue weighted by molar-refractivity contribution is 7.22. The lowest BCUT2D eigenvalue weighted by atomic mass is 9.97. The van der Waals surface area contributed by atoms with E-state index in [0.29, 0.717) is 17.2 Å². The summed E-state index contributed by atoms with van der Waals surface area (Å²) >= 11 is 1.35. The zero-order valence-corrected chi connectivity index (χ0v) is 14.9. The number of nitrogens with zero attached hydrogens (tertiary/aromatic N) is 1. The number of nitrogens with two attached hydrogens (primary N) is 1. The number of hydrogen-bond donors (Lipinski definition) is 3. The van der Waals surface area contributed by atoms with Gasteiger partial charge in [0.25, 0.3) is 0 Å². The molecule has 2 rings (SSSR count). The Morgan fingerprint density at radius 2 is 2.04 bits per heavy atom. The van der Waals surface area contributed by atoms with Gasteiger partial charge in [0.1, 0.15) is 0 Å². The molecule has 23 heavy (non-hydrogen) atoms. The fourth-order valence-electron chi connectivity index (χ4n) is 2.13. The molecule has 4 N–H and O–H groups in total. The minimum atomic E-state index is -0.909. The molecule has 1 heterocycles. The molecule has 0 fully saturated rings. The Hall–Kier alpha value is -1.70. The molecule has 126 valence electrons. The Balaban J connectivity index is 0.00000264. The highest BCUT2D eigenvalue weighted by atomic mass is 35.5. The second-order valence-corrected chi connectivity index (χ2v) is 6.53. The van der Waals surface area contributed by atoms with Crippen molar-refractivity contribution < 1.29 is 9.59 Å². The smallest absolute Gasteiger partial charge is 0.245 e. The minimum Gasteiger partial charge on any atom is -0.326 e.